The van der Waals surface area contributed by atoms with Crippen LogP contribution < -0.4 is 10.5 Å². The first-order valence-corrected chi connectivity index (χ1v) is 6.34. The van der Waals surface area contributed by atoms with Crippen molar-refractivity contribution in [1.82, 2.24) is 4.90 Å². The van der Waals surface area contributed by atoms with Gasteiger partial charge in [-0.05, 0) is 17.7 Å². The van der Waals surface area contributed by atoms with E-state index in [1.54, 1.807) is 37.3 Å². The van der Waals surface area contributed by atoms with E-state index in [0.717, 1.165) is 5.56 Å². The molecule has 0 saturated carbocycles. The summed E-state index contributed by atoms with van der Waals surface area (Å²) in [6.45, 7) is 0.547. The van der Waals surface area contributed by atoms with Crippen LogP contribution in [0.2, 0.25) is 0 Å². The SMILES string of the molecule is COc1ccc(C(=O)N(C)Cc2ccccc2)c(N)c1. The van der Waals surface area contributed by atoms with Crippen LogP contribution in [0.4, 0.5) is 5.69 Å². The van der Waals surface area contributed by atoms with Gasteiger partial charge in [-0.15, -0.1) is 0 Å². The van der Waals surface area contributed by atoms with Crippen molar-refractivity contribution < 1.29 is 9.53 Å². The maximum Gasteiger partial charge on any atom is 0.255 e. The lowest BCUT2D eigenvalue weighted by molar-refractivity contribution is 0.0786. The first-order valence-electron chi connectivity index (χ1n) is 6.34. The first kappa shape index (κ1) is 13.9. The summed E-state index contributed by atoms with van der Waals surface area (Å²) in [4.78, 5) is 14.0. The van der Waals surface area contributed by atoms with E-state index in [1.165, 1.54) is 0 Å². The van der Waals surface area contributed by atoms with E-state index >= 15 is 0 Å². The summed E-state index contributed by atoms with van der Waals surface area (Å²) in [6.07, 6.45) is 0. The van der Waals surface area contributed by atoms with Crippen LogP contribution in [0.15, 0.2) is 48.5 Å². The molecule has 104 valence electrons. The molecule has 20 heavy (non-hydrogen) atoms. The van der Waals surface area contributed by atoms with Gasteiger partial charge in [-0.25, -0.2) is 0 Å². The summed E-state index contributed by atoms with van der Waals surface area (Å²) < 4.78 is 5.08. The number of nitrogens with zero attached hydrogens (tertiary/aromatic N) is 1. The number of anilines is 1. The van der Waals surface area contributed by atoms with Gasteiger partial charge in [0.2, 0.25) is 0 Å². The number of carbonyl (C=O) groups is 1. The Morgan fingerprint density at radius 1 is 1.20 bits per heavy atom. The topological polar surface area (TPSA) is 55.6 Å². The van der Waals surface area contributed by atoms with E-state index in [9.17, 15) is 4.79 Å². The maximum atomic E-state index is 12.4. The third-order valence-corrected chi connectivity index (χ3v) is 3.10. The Balaban J connectivity index is 2.14. The van der Waals surface area contributed by atoms with Gasteiger partial charge in [-0.2, -0.15) is 0 Å². The number of nitrogens with two attached hydrogens (primary N) is 1. The van der Waals surface area contributed by atoms with Crippen molar-refractivity contribution in [2.24, 2.45) is 0 Å². The highest BCUT2D eigenvalue weighted by molar-refractivity contribution is 5.99. The monoisotopic (exact) mass is 270 g/mol. The number of hydrogen-bond acceptors (Lipinski definition) is 3. The van der Waals surface area contributed by atoms with Gasteiger partial charge in [0.1, 0.15) is 5.75 Å². The zero-order chi connectivity index (χ0) is 14.5. The molecule has 0 aliphatic heterocycles. The van der Waals surface area contributed by atoms with Crippen LogP contribution in [0.5, 0.6) is 5.75 Å². The summed E-state index contributed by atoms with van der Waals surface area (Å²) in [6, 6.07) is 14.9. The zero-order valence-corrected chi connectivity index (χ0v) is 11.7. The van der Waals surface area contributed by atoms with Crippen molar-refractivity contribution >= 4 is 11.6 Å². The molecule has 2 rings (SSSR count). The van der Waals surface area contributed by atoms with Crippen LogP contribution >= 0.6 is 0 Å². The van der Waals surface area contributed by atoms with E-state index in [2.05, 4.69) is 0 Å². The van der Waals surface area contributed by atoms with Gasteiger partial charge in [0.15, 0.2) is 0 Å². The van der Waals surface area contributed by atoms with Gasteiger partial charge in [0.25, 0.3) is 5.91 Å². The molecule has 1 amide bonds. The Morgan fingerprint density at radius 2 is 1.90 bits per heavy atom. The predicted molar refractivity (Wildman–Crippen MR) is 79.6 cm³/mol. The lowest BCUT2D eigenvalue weighted by atomic mass is 10.1. The molecule has 0 aliphatic carbocycles. The Bertz CT molecular complexity index is 597. The second-order valence-electron chi connectivity index (χ2n) is 4.60. The summed E-state index contributed by atoms with van der Waals surface area (Å²) in [5.74, 6) is 0.541. The molecule has 0 saturated heterocycles. The smallest absolute Gasteiger partial charge is 0.255 e. The highest BCUT2D eigenvalue weighted by atomic mass is 16.5. The molecule has 0 heterocycles. The minimum Gasteiger partial charge on any atom is -0.497 e. The molecule has 4 nitrogen and oxygen atoms in total. The van der Waals surface area contributed by atoms with E-state index in [4.69, 9.17) is 10.5 Å². The van der Waals surface area contributed by atoms with Gasteiger partial charge >= 0.3 is 0 Å². The van der Waals surface area contributed by atoms with Crippen LogP contribution in [0.25, 0.3) is 0 Å². The van der Waals surface area contributed by atoms with Gasteiger partial charge in [0.05, 0.1) is 12.7 Å². The van der Waals surface area contributed by atoms with Crippen LogP contribution in [0, 0.1) is 0 Å². The van der Waals surface area contributed by atoms with Gasteiger partial charge in [-0.3, -0.25) is 4.79 Å². The van der Waals surface area contributed by atoms with Crippen molar-refractivity contribution in [2.75, 3.05) is 19.9 Å². The predicted octanol–water partition coefficient (Wildman–Crippen LogP) is 2.55. The number of amides is 1. The Morgan fingerprint density at radius 3 is 2.50 bits per heavy atom. The average Bonchev–Trinajstić information content (AvgIpc) is 2.47. The summed E-state index contributed by atoms with van der Waals surface area (Å²) in [5, 5.41) is 0. The van der Waals surface area contributed by atoms with Crippen LogP contribution in [0.1, 0.15) is 15.9 Å². The molecule has 0 aliphatic rings. The lowest BCUT2D eigenvalue weighted by Gasteiger charge is -2.18. The molecule has 2 aromatic rings. The minimum atomic E-state index is -0.103. The average molecular weight is 270 g/mol. The van der Waals surface area contributed by atoms with Gasteiger partial charge in [0, 0.05) is 25.3 Å². The third kappa shape index (κ3) is 3.09. The normalized spacial score (nSPS) is 10.1. The fourth-order valence-corrected chi connectivity index (χ4v) is 2.00. The maximum absolute atomic E-state index is 12.4. The van der Waals surface area contributed by atoms with Gasteiger partial charge < -0.3 is 15.4 Å². The van der Waals surface area contributed by atoms with Crippen molar-refractivity contribution in [2.45, 2.75) is 6.54 Å². The summed E-state index contributed by atoms with van der Waals surface area (Å²) in [5.41, 5.74) is 7.90. The van der Waals surface area contributed by atoms with E-state index in [-0.39, 0.29) is 5.91 Å². The minimum absolute atomic E-state index is 0.103. The summed E-state index contributed by atoms with van der Waals surface area (Å²) >= 11 is 0. The van der Waals surface area contributed by atoms with E-state index in [0.29, 0.717) is 23.5 Å². The van der Waals surface area contributed by atoms with Crippen molar-refractivity contribution in [3.63, 3.8) is 0 Å². The number of hydrogen-bond donors (Lipinski definition) is 1. The highest BCUT2D eigenvalue weighted by Gasteiger charge is 2.15. The van der Waals surface area contributed by atoms with Crippen LogP contribution in [0.3, 0.4) is 0 Å². The Hall–Kier alpha value is -2.49. The molecule has 0 unspecified atom stereocenters. The molecule has 0 aromatic heterocycles. The number of carbonyl (C=O) groups excluding carboxylic acids is 1. The van der Waals surface area contributed by atoms with Crippen LogP contribution in [-0.2, 0) is 6.54 Å². The first-order chi connectivity index (χ1) is 9.61. The molecule has 2 N–H and O–H groups in total. The molecule has 0 bridgehead atoms. The third-order valence-electron chi connectivity index (χ3n) is 3.10. The van der Waals surface area contributed by atoms with Crippen LogP contribution in [-0.4, -0.2) is 25.0 Å². The number of methoxy groups -OCH3 is 1. The molecule has 0 spiro atoms. The number of nitrogen functional groups attached to an aromatic ring is 1. The molecule has 0 radical (unpaired) electrons. The fourth-order valence-electron chi connectivity index (χ4n) is 2.00. The molecular formula is C16H18N2O2. The lowest BCUT2D eigenvalue weighted by Crippen LogP contribution is -2.26. The quantitative estimate of drug-likeness (QED) is 0.869. The Labute approximate surface area is 118 Å². The van der Waals surface area contributed by atoms with Crippen molar-refractivity contribution in [3.05, 3.63) is 59.7 Å². The second-order valence-corrected chi connectivity index (χ2v) is 4.60. The number of rotatable bonds is 4. The number of ether oxygens (including phenoxy) is 1. The standard InChI is InChI=1S/C16H18N2O2/c1-18(11-12-6-4-3-5-7-12)16(19)14-9-8-13(20-2)10-15(14)17/h3-10H,11,17H2,1-2H3. The molecule has 0 atom stereocenters. The zero-order valence-electron chi connectivity index (χ0n) is 11.7. The molecule has 0 fully saturated rings. The summed E-state index contributed by atoms with van der Waals surface area (Å²) in [7, 11) is 3.33. The van der Waals surface area contributed by atoms with E-state index < -0.39 is 0 Å². The highest BCUT2D eigenvalue weighted by Crippen LogP contribution is 2.21. The second kappa shape index (κ2) is 6.10. The van der Waals surface area contributed by atoms with Crippen molar-refractivity contribution in [3.8, 4) is 5.75 Å². The molecule has 4 heteroatoms. The van der Waals surface area contributed by atoms with E-state index in [1.807, 2.05) is 30.3 Å². The number of benzene rings is 2. The van der Waals surface area contributed by atoms with Gasteiger partial charge in [-0.1, -0.05) is 30.3 Å². The molecular weight excluding hydrogens is 252 g/mol. The van der Waals surface area contributed by atoms with Crippen molar-refractivity contribution in [1.29, 1.82) is 0 Å². The Kier molecular flexibility index (Phi) is 4.25. The largest absolute Gasteiger partial charge is 0.497 e. The molecule has 2 aromatic carbocycles. The fraction of sp³-hybridized carbons (Fsp3) is 0.188.